The van der Waals surface area contributed by atoms with E-state index in [2.05, 4.69) is 17.1 Å². The van der Waals surface area contributed by atoms with Gasteiger partial charge in [-0.1, -0.05) is 13.3 Å². The van der Waals surface area contributed by atoms with E-state index in [1.807, 2.05) is 4.90 Å². The van der Waals surface area contributed by atoms with Crippen LogP contribution in [0.2, 0.25) is 0 Å². The number of carbonyl (C=O) groups is 1. The van der Waals surface area contributed by atoms with E-state index in [1.54, 1.807) is 6.92 Å². The molecule has 0 aromatic carbocycles. The van der Waals surface area contributed by atoms with Gasteiger partial charge in [0.1, 0.15) is 0 Å². The number of fused-ring (bicyclic) bond motifs is 1. The molecule has 0 unspecified atom stereocenters. The fourth-order valence-electron chi connectivity index (χ4n) is 1.87. The lowest BCUT2D eigenvalue weighted by Gasteiger charge is -2.11. The van der Waals surface area contributed by atoms with Crippen LogP contribution in [0.25, 0.3) is 0 Å². The van der Waals surface area contributed by atoms with E-state index in [0.29, 0.717) is 6.54 Å². The number of H-pyrrole nitrogens is 1. The van der Waals surface area contributed by atoms with Crippen molar-refractivity contribution in [2.24, 2.45) is 0 Å². The zero-order valence-corrected chi connectivity index (χ0v) is 8.63. The Bertz CT molecular complexity index is 356. The van der Waals surface area contributed by atoms with Crippen LogP contribution in [0.1, 0.15) is 37.2 Å². The minimum Gasteiger partial charge on any atom is -0.333 e. The van der Waals surface area contributed by atoms with Crippen molar-refractivity contribution >= 4 is 5.91 Å². The van der Waals surface area contributed by atoms with Gasteiger partial charge in [0.2, 0.25) is 5.91 Å². The van der Waals surface area contributed by atoms with Crippen molar-refractivity contribution in [3.63, 3.8) is 0 Å². The molecule has 0 fully saturated rings. The highest BCUT2D eigenvalue weighted by Crippen LogP contribution is 2.24. The first-order valence-corrected chi connectivity index (χ1v) is 5.03. The summed E-state index contributed by atoms with van der Waals surface area (Å²) in [5.74, 6) is 0.136. The van der Waals surface area contributed by atoms with Gasteiger partial charge in [0.25, 0.3) is 0 Å². The largest absolute Gasteiger partial charge is 0.333 e. The quantitative estimate of drug-likeness (QED) is 0.767. The molecule has 1 aromatic rings. The number of aryl methyl sites for hydroxylation is 1. The summed E-state index contributed by atoms with van der Waals surface area (Å²) < 4.78 is 0. The first kappa shape index (κ1) is 9.24. The van der Waals surface area contributed by atoms with E-state index in [1.165, 1.54) is 5.56 Å². The van der Waals surface area contributed by atoms with Crippen molar-refractivity contribution in [2.75, 3.05) is 0 Å². The Labute approximate surface area is 83.3 Å². The third kappa shape index (κ3) is 1.41. The topological polar surface area (TPSA) is 49.0 Å². The molecule has 0 spiro atoms. The standard InChI is InChI=1S/C10H15N3O/c1-3-4-9-8-5-13(7(2)14)6-10(8)12-11-9/h3-6H2,1-2H3,(H,11,12). The van der Waals surface area contributed by atoms with Crippen LogP contribution in [0.3, 0.4) is 0 Å². The Morgan fingerprint density at radius 3 is 3.00 bits per heavy atom. The van der Waals surface area contributed by atoms with E-state index in [0.717, 1.165) is 30.8 Å². The lowest BCUT2D eigenvalue weighted by Crippen LogP contribution is -2.22. The molecule has 0 saturated heterocycles. The second-order valence-electron chi connectivity index (χ2n) is 3.75. The summed E-state index contributed by atoms with van der Waals surface area (Å²) in [6, 6.07) is 0. The minimum absolute atomic E-state index is 0.136. The molecule has 0 aliphatic carbocycles. The number of rotatable bonds is 2. The van der Waals surface area contributed by atoms with Crippen molar-refractivity contribution in [1.82, 2.24) is 15.1 Å². The highest BCUT2D eigenvalue weighted by Gasteiger charge is 2.25. The summed E-state index contributed by atoms with van der Waals surface area (Å²) in [5, 5.41) is 7.27. The van der Waals surface area contributed by atoms with E-state index >= 15 is 0 Å². The molecule has 2 heterocycles. The normalized spacial score (nSPS) is 14.6. The molecule has 14 heavy (non-hydrogen) atoms. The molecule has 1 amide bonds. The van der Waals surface area contributed by atoms with Gasteiger partial charge < -0.3 is 4.90 Å². The molecule has 1 aromatic heterocycles. The van der Waals surface area contributed by atoms with Crippen molar-refractivity contribution in [3.8, 4) is 0 Å². The highest BCUT2D eigenvalue weighted by atomic mass is 16.2. The molecule has 0 atom stereocenters. The molecule has 0 saturated carbocycles. The number of aromatic amines is 1. The maximum atomic E-state index is 11.2. The SMILES string of the molecule is CCCc1n[nH]c2c1CN(C(C)=O)C2. The molecule has 0 radical (unpaired) electrons. The summed E-state index contributed by atoms with van der Waals surface area (Å²) in [6.07, 6.45) is 2.09. The molecular weight excluding hydrogens is 178 g/mol. The van der Waals surface area contributed by atoms with Gasteiger partial charge in [-0.25, -0.2) is 0 Å². The maximum absolute atomic E-state index is 11.2. The Morgan fingerprint density at radius 2 is 2.36 bits per heavy atom. The van der Waals surface area contributed by atoms with Crippen molar-refractivity contribution in [3.05, 3.63) is 17.0 Å². The van der Waals surface area contributed by atoms with Crippen molar-refractivity contribution < 1.29 is 4.79 Å². The van der Waals surface area contributed by atoms with Gasteiger partial charge in [0.05, 0.1) is 17.9 Å². The van der Waals surface area contributed by atoms with Gasteiger partial charge in [-0.05, 0) is 6.42 Å². The number of hydrogen-bond acceptors (Lipinski definition) is 2. The second kappa shape index (κ2) is 3.44. The van der Waals surface area contributed by atoms with Gasteiger partial charge in [0, 0.05) is 19.0 Å². The fourth-order valence-corrected chi connectivity index (χ4v) is 1.87. The molecule has 2 rings (SSSR count). The van der Waals surface area contributed by atoms with E-state index in [-0.39, 0.29) is 5.91 Å². The Morgan fingerprint density at radius 1 is 1.57 bits per heavy atom. The summed E-state index contributed by atoms with van der Waals surface area (Å²) in [4.78, 5) is 13.0. The van der Waals surface area contributed by atoms with E-state index in [9.17, 15) is 4.79 Å². The van der Waals surface area contributed by atoms with Gasteiger partial charge in [-0.3, -0.25) is 9.89 Å². The summed E-state index contributed by atoms with van der Waals surface area (Å²) >= 11 is 0. The molecule has 76 valence electrons. The van der Waals surface area contributed by atoms with Gasteiger partial charge >= 0.3 is 0 Å². The maximum Gasteiger partial charge on any atom is 0.220 e. The predicted molar refractivity (Wildman–Crippen MR) is 52.5 cm³/mol. The Balaban J connectivity index is 2.19. The smallest absolute Gasteiger partial charge is 0.220 e. The first-order chi connectivity index (χ1) is 6.72. The fraction of sp³-hybridized carbons (Fsp3) is 0.600. The lowest BCUT2D eigenvalue weighted by atomic mass is 10.1. The summed E-state index contributed by atoms with van der Waals surface area (Å²) in [6.45, 7) is 5.18. The number of amides is 1. The predicted octanol–water partition coefficient (Wildman–Crippen LogP) is 1.22. The highest BCUT2D eigenvalue weighted by molar-refractivity contribution is 5.74. The minimum atomic E-state index is 0.136. The van der Waals surface area contributed by atoms with Gasteiger partial charge in [-0.15, -0.1) is 0 Å². The van der Waals surface area contributed by atoms with Gasteiger partial charge in [0.15, 0.2) is 0 Å². The third-order valence-electron chi connectivity index (χ3n) is 2.67. The lowest BCUT2D eigenvalue weighted by molar-refractivity contribution is -0.129. The number of nitrogens with one attached hydrogen (secondary N) is 1. The summed E-state index contributed by atoms with van der Waals surface area (Å²) in [7, 11) is 0. The molecule has 1 aliphatic rings. The first-order valence-electron chi connectivity index (χ1n) is 5.03. The third-order valence-corrected chi connectivity index (χ3v) is 2.67. The van der Waals surface area contributed by atoms with Crippen LogP contribution < -0.4 is 0 Å². The van der Waals surface area contributed by atoms with Crippen molar-refractivity contribution in [1.29, 1.82) is 0 Å². The van der Waals surface area contributed by atoms with Crippen LogP contribution in [0.5, 0.6) is 0 Å². The average molecular weight is 193 g/mol. The second-order valence-corrected chi connectivity index (χ2v) is 3.75. The van der Waals surface area contributed by atoms with Crippen LogP contribution in [0, 0.1) is 0 Å². The van der Waals surface area contributed by atoms with Crippen LogP contribution in [0.4, 0.5) is 0 Å². The van der Waals surface area contributed by atoms with Gasteiger partial charge in [-0.2, -0.15) is 5.10 Å². The number of aromatic nitrogens is 2. The zero-order chi connectivity index (χ0) is 10.1. The number of nitrogens with zero attached hydrogens (tertiary/aromatic N) is 2. The molecular formula is C10H15N3O. The van der Waals surface area contributed by atoms with Crippen LogP contribution in [-0.2, 0) is 24.3 Å². The average Bonchev–Trinajstić information content (AvgIpc) is 2.67. The monoisotopic (exact) mass is 193 g/mol. The van der Waals surface area contributed by atoms with Crippen molar-refractivity contribution in [2.45, 2.75) is 39.8 Å². The van der Waals surface area contributed by atoms with Crippen LogP contribution >= 0.6 is 0 Å². The number of hydrogen-bond donors (Lipinski definition) is 1. The van der Waals surface area contributed by atoms with E-state index in [4.69, 9.17) is 0 Å². The molecule has 0 bridgehead atoms. The number of carbonyl (C=O) groups excluding carboxylic acids is 1. The zero-order valence-electron chi connectivity index (χ0n) is 8.63. The molecule has 1 N–H and O–H groups in total. The van der Waals surface area contributed by atoms with Crippen LogP contribution in [0.15, 0.2) is 0 Å². The summed E-state index contributed by atoms with van der Waals surface area (Å²) in [5.41, 5.74) is 3.48. The molecule has 1 aliphatic heterocycles. The van der Waals surface area contributed by atoms with E-state index < -0.39 is 0 Å². The molecule has 4 heteroatoms. The van der Waals surface area contributed by atoms with Crippen LogP contribution in [-0.4, -0.2) is 21.0 Å². The molecule has 4 nitrogen and oxygen atoms in total. The Hall–Kier alpha value is -1.32. The Kier molecular flexibility index (Phi) is 2.27.